The lowest BCUT2D eigenvalue weighted by Gasteiger charge is -2.30. The van der Waals surface area contributed by atoms with Gasteiger partial charge in [0.15, 0.2) is 0 Å². The number of benzene rings is 2. The second kappa shape index (κ2) is 11.1. The van der Waals surface area contributed by atoms with Crippen molar-refractivity contribution in [2.75, 3.05) is 25.0 Å². The first kappa shape index (κ1) is 29.0. The molecule has 2 aliphatic rings. The quantitative estimate of drug-likeness (QED) is 0.186. The van der Waals surface area contributed by atoms with Crippen molar-refractivity contribution in [3.8, 4) is 35.4 Å². The van der Waals surface area contributed by atoms with Crippen molar-refractivity contribution in [2.24, 2.45) is 0 Å². The Morgan fingerprint density at radius 1 is 1.26 bits per heavy atom. The van der Waals surface area contributed by atoms with Gasteiger partial charge in [-0.1, -0.05) is 18.1 Å². The van der Waals surface area contributed by atoms with Crippen molar-refractivity contribution in [1.29, 1.82) is 0 Å². The van der Waals surface area contributed by atoms with Gasteiger partial charge in [-0.2, -0.15) is 9.97 Å². The Morgan fingerprint density at radius 2 is 2.15 bits per heavy atom. The van der Waals surface area contributed by atoms with Crippen LogP contribution < -0.4 is 15.7 Å². The number of aromatic nitrogens is 4. The molecule has 2 saturated heterocycles. The van der Waals surface area contributed by atoms with Gasteiger partial charge in [-0.3, -0.25) is 4.90 Å². The van der Waals surface area contributed by atoms with E-state index in [2.05, 4.69) is 31.1 Å². The highest BCUT2D eigenvalue weighted by atomic mass is 19.1. The molecule has 0 aliphatic carbocycles. The van der Waals surface area contributed by atoms with E-state index >= 15 is 0 Å². The topological polar surface area (TPSA) is 129 Å². The maximum atomic E-state index is 14.5. The Hall–Kier alpha value is -5.47. The van der Waals surface area contributed by atoms with Gasteiger partial charge in [-0.25, -0.2) is 14.2 Å². The molecule has 4 aromatic heterocycles. The largest absolute Gasteiger partial charge is 0.508 e. The standard InChI is InChI=1S/C36H31FN6O4/c1-3-21-7-4-8-22-13-25(44)14-27(28(21)22)31-20(2)30-29(34(45)47-31)33(40-17-23-16-39-32-26(23)9-5-11-38-32)42-35(41-30)46-19-36-10-6-12-43(36)18-24(37)15-36/h1,4-5,7-9,11,13-14,16,24,44H,6,10,12,15,17-19H2,2H3,(H,38,39)(H,40,41,42)/t24-,36+/m1/s1. The first-order valence-electron chi connectivity index (χ1n) is 15.6. The number of nitrogens with zero attached hydrogens (tertiary/aromatic N) is 4. The number of H-pyrrole nitrogens is 1. The number of halogens is 1. The van der Waals surface area contributed by atoms with E-state index in [1.165, 1.54) is 6.07 Å². The zero-order valence-corrected chi connectivity index (χ0v) is 25.6. The lowest BCUT2D eigenvalue weighted by atomic mass is 9.95. The molecular weight excluding hydrogens is 599 g/mol. The van der Waals surface area contributed by atoms with E-state index in [4.69, 9.17) is 20.6 Å². The summed E-state index contributed by atoms with van der Waals surface area (Å²) in [5.41, 5.74) is 2.51. The summed E-state index contributed by atoms with van der Waals surface area (Å²) in [7, 11) is 0. The zero-order chi connectivity index (χ0) is 32.3. The summed E-state index contributed by atoms with van der Waals surface area (Å²) in [6.45, 7) is 3.57. The fourth-order valence-electron chi connectivity index (χ4n) is 7.38. The SMILES string of the molecule is C#Cc1cccc2cc(O)cc(-c3oc(=O)c4c(NCc5c[nH]c6ncccc56)nc(OC[C@@]56CCCN5C[C@H](F)C6)nc4c3C)c12. The molecule has 11 heteroatoms. The number of phenolic OH excluding ortho intramolecular Hbond substituents is 1. The van der Waals surface area contributed by atoms with Gasteiger partial charge in [-0.05, 0) is 67.6 Å². The molecule has 0 saturated carbocycles. The average molecular weight is 631 g/mol. The Morgan fingerprint density at radius 3 is 3.02 bits per heavy atom. The van der Waals surface area contributed by atoms with Gasteiger partial charge >= 0.3 is 11.6 Å². The summed E-state index contributed by atoms with van der Waals surface area (Å²) >= 11 is 0. The van der Waals surface area contributed by atoms with Gasteiger partial charge in [0.1, 0.15) is 41.1 Å². The highest BCUT2D eigenvalue weighted by Crippen LogP contribution is 2.41. The number of ether oxygens (including phenoxy) is 1. The highest BCUT2D eigenvalue weighted by molar-refractivity contribution is 6.03. The van der Waals surface area contributed by atoms with Crippen LogP contribution in [0.15, 0.2) is 64.1 Å². The summed E-state index contributed by atoms with van der Waals surface area (Å²) in [6.07, 6.45) is 10.7. The van der Waals surface area contributed by atoms with Gasteiger partial charge in [0.05, 0.1) is 11.1 Å². The number of terminal acetylenes is 1. The molecule has 0 spiro atoms. The fourth-order valence-corrected chi connectivity index (χ4v) is 7.38. The van der Waals surface area contributed by atoms with E-state index in [-0.39, 0.29) is 35.3 Å². The number of aromatic hydroxyl groups is 1. The molecule has 47 heavy (non-hydrogen) atoms. The molecule has 2 aliphatic heterocycles. The van der Waals surface area contributed by atoms with Gasteiger partial charge in [-0.15, -0.1) is 6.42 Å². The van der Waals surface area contributed by atoms with Crippen LogP contribution in [0.4, 0.5) is 10.2 Å². The third-order valence-corrected chi connectivity index (χ3v) is 9.56. The first-order chi connectivity index (χ1) is 22.8. The normalized spacial score (nSPS) is 19.4. The summed E-state index contributed by atoms with van der Waals surface area (Å²) in [6, 6.07) is 12.5. The van der Waals surface area contributed by atoms with Crippen LogP contribution in [0.3, 0.4) is 0 Å². The third kappa shape index (κ3) is 4.84. The van der Waals surface area contributed by atoms with Gasteiger partial charge < -0.3 is 24.6 Å². The molecule has 2 fully saturated rings. The fraction of sp³-hybridized carbons (Fsp3) is 0.278. The Bertz CT molecular complexity index is 2310. The molecule has 10 nitrogen and oxygen atoms in total. The Kier molecular flexibility index (Phi) is 6.84. The van der Waals surface area contributed by atoms with Crippen molar-refractivity contribution in [3.05, 3.63) is 82.0 Å². The van der Waals surface area contributed by atoms with Crippen LogP contribution in [0.5, 0.6) is 11.8 Å². The number of hydrogen-bond acceptors (Lipinski definition) is 9. The van der Waals surface area contributed by atoms with Crippen LogP contribution >= 0.6 is 0 Å². The van der Waals surface area contributed by atoms with E-state index in [0.717, 1.165) is 36.0 Å². The molecular formula is C36H31FN6O4. The maximum Gasteiger partial charge on any atom is 0.349 e. The average Bonchev–Trinajstić information content (AvgIpc) is 3.75. The number of rotatable bonds is 7. The molecule has 0 amide bonds. The lowest BCUT2D eigenvalue weighted by molar-refractivity contribution is 0.107. The highest BCUT2D eigenvalue weighted by Gasteiger charge is 2.49. The van der Waals surface area contributed by atoms with Crippen molar-refractivity contribution < 1.29 is 18.7 Å². The minimum absolute atomic E-state index is 0.00536. The minimum Gasteiger partial charge on any atom is -0.508 e. The van der Waals surface area contributed by atoms with E-state index in [1.807, 2.05) is 30.5 Å². The molecule has 6 heterocycles. The lowest BCUT2D eigenvalue weighted by Crippen LogP contribution is -2.43. The molecule has 0 bridgehead atoms. The number of hydrogen-bond donors (Lipinski definition) is 3. The molecule has 236 valence electrons. The second-order valence-corrected chi connectivity index (χ2v) is 12.4. The molecule has 2 atom stereocenters. The number of pyridine rings is 1. The number of anilines is 1. The number of nitrogens with one attached hydrogen (secondary N) is 2. The van der Waals surface area contributed by atoms with Crippen LogP contribution in [-0.4, -0.2) is 61.3 Å². The van der Waals surface area contributed by atoms with Gasteiger partial charge in [0.2, 0.25) is 0 Å². The summed E-state index contributed by atoms with van der Waals surface area (Å²) in [5, 5.41) is 16.4. The third-order valence-electron chi connectivity index (χ3n) is 9.56. The van der Waals surface area contributed by atoms with Crippen LogP contribution in [-0.2, 0) is 6.54 Å². The molecule has 2 aromatic carbocycles. The monoisotopic (exact) mass is 630 g/mol. The van der Waals surface area contributed by atoms with Gasteiger partial charge in [0, 0.05) is 59.4 Å². The van der Waals surface area contributed by atoms with Crippen LogP contribution in [0.25, 0.3) is 44.0 Å². The zero-order valence-electron chi connectivity index (χ0n) is 25.6. The summed E-state index contributed by atoms with van der Waals surface area (Å²) in [4.78, 5) is 33.0. The Balaban J connectivity index is 1.27. The molecule has 0 unspecified atom stereocenters. The number of fused-ring (bicyclic) bond motifs is 4. The summed E-state index contributed by atoms with van der Waals surface area (Å²) in [5.74, 6) is 3.16. The van der Waals surface area contributed by atoms with Gasteiger partial charge in [0.25, 0.3) is 0 Å². The molecule has 6 aromatic rings. The van der Waals surface area contributed by atoms with Crippen molar-refractivity contribution in [1.82, 2.24) is 24.8 Å². The predicted molar refractivity (Wildman–Crippen MR) is 177 cm³/mol. The Labute approximate surface area is 268 Å². The minimum atomic E-state index is -0.904. The molecule has 3 N–H and O–H groups in total. The molecule has 0 radical (unpaired) electrons. The first-order valence-corrected chi connectivity index (χ1v) is 15.6. The van der Waals surface area contributed by atoms with E-state index in [0.29, 0.717) is 52.5 Å². The van der Waals surface area contributed by atoms with E-state index < -0.39 is 17.3 Å². The predicted octanol–water partition coefficient (Wildman–Crippen LogP) is 5.84. The molecule has 8 rings (SSSR count). The number of alkyl halides is 1. The van der Waals surface area contributed by atoms with Crippen LogP contribution in [0.2, 0.25) is 0 Å². The number of aryl methyl sites for hydroxylation is 1. The maximum absolute atomic E-state index is 14.5. The van der Waals surface area contributed by atoms with Crippen molar-refractivity contribution in [3.63, 3.8) is 0 Å². The van der Waals surface area contributed by atoms with Crippen molar-refractivity contribution >= 4 is 38.5 Å². The number of phenols is 1. The smallest absolute Gasteiger partial charge is 0.349 e. The van der Waals surface area contributed by atoms with Crippen molar-refractivity contribution in [2.45, 2.75) is 44.4 Å². The van der Waals surface area contributed by atoms with E-state index in [1.54, 1.807) is 25.3 Å². The van der Waals surface area contributed by atoms with E-state index in [9.17, 15) is 14.3 Å². The van der Waals surface area contributed by atoms with Crippen LogP contribution in [0.1, 0.15) is 36.0 Å². The number of aromatic amines is 1. The summed E-state index contributed by atoms with van der Waals surface area (Å²) < 4.78 is 26.8. The second-order valence-electron chi connectivity index (χ2n) is 12.4. The van der Waals surface area contributed by atoms with Crippen LogP contribution in [0, 0.1) is 19.3 Å².